The van der Waals surface area contributed by atoms with E-state index in [1.165, 1.54) is 4.90 Å². The van der Waals surface area contributed by atoms with Crippen molar-refractivity contribution >= 4 is 23.3 Å². The maximum absolute atomic E-state index is 13.8. The van der Waals surface area contributed by atoms with Gasteiger partial charge in [0.1, 0.15) is 11.9 Å². The quantitative estimate of drug-likeness (QED) is 0.661. The maximum Gasteiger partial charge on any atom is 0.338 e. The van der Waals surface area contributed by atoms with Gasteiger partial charge in [-0.1, -0.05) is 0 Å². The molecule has 7 nitrogen and oxygen atoms in total. The van der Waals surface area contributed by atoms with Crippen molar-refractivity contribution in [2.75, 3.05) is 30.4 Å². The number of rotatable bonds is 3. The summed E-state index contributed by atoms with van der Waals surface area (Å²) in [5.41, 5.74) is 10.8. The number of aromatic carboxylic acids is 1. The number of carbonyl (C=O) groups excluding carboxylic acids is 1. The van der Waals surface area contributed by atoms with E-state index in [4.69, 9.17) is 21.3 Å². The van der Waals surface area contributed by atoms with E-state index in [1.54, 1.807) is 0 Å². The van der Waals surface area contributed by atoms with Gasteiger partial charge in [-0.2, -0.15) is 0 Å². The minimum absolute atomic E-state index is 0.0666. The Morgan fingerprint density at radius 2 is 2.15 bits per heavy atom. The fourth-order valence-electron chi connectivity index (χ4n) is 2.12. The number of benzene rings is 1. The summed E-state index contributed by atoms with van der Waals surface area (Å²) in [5.74, 6) is -2.95. The van der Waals surface area contributed by atoms with Gasteiger partial charge in [0.2, 0.25) is 5.91 Å². The molecule has 1 aliphatic heterocycles. The number of amides is 1. The van der Waals surface area contributed by atoms with E-state index in [9.17, 15) is 14.0 Å². The topological polar surface area (TPSA) is 119 Å². The van der Waals surface area contributed by atoms with Gasteiger partial charge >= 0.3 is 5.97 Å². The first-order chi connectivity index (χ1) is 9.41. The molecule has 1 heterocycles. The third-order valence-electron chi connectivity index (χ3n) is 3.11. The highest BCUT2D eigenvalue weighted by Crippen LogP contribution is 2.29. The molecule has 1 aromatic rings. The van der Waals surface area contributed by atoms with E-state index in [2.05, 4.69) is 0 Å². The molecule has 5 N–H and O–H groups in total. The van der Waals surface area contributed by atoms with Gasteiger partial charge in [-0.25, -0.2) is 9.18 Å². The van der Waals surface area contributed by atoms with Crippen molar-refractivity contribution in [3.63, 3.8) is 0 Å². The van der Waals surface area contributed by atoms with Crippen LogP contribution in [0.4, 0.5) is 15.8 Å². The number of hydrogen-bond donors (Lipinski definition) is 3. The molecule has 1 atom stereocenters. The number of nitrogens with two attached hydrogens (primary N) is 2. The largest absolute Gasteiger partial charge is 0.478 e. The molecule has 0 saturated carbocycles. The van der Waals surface area contributed by atoms with E-state index in [-0.39, 0.29) is 18.0 Å². The van der Waals surface area contributed by atoms with Crippen molar-refractivity contribution in [1.29, 1.82) is 0 Å². The fraction of sp³-hybridized carbons (Fsp3) is 0.333. The van der Waals surface area contributed by atoms with E-state index >= 15 is 0 Å². The third-order valence-corrected chi connectivity index (χ3v) is 3.11. The Morgan fingerprint density at radius 3 is 2.75 bits per heavy atom. The number of hydrogen-bond acceptors (Lipinski definition) is 5. The zero-order valence-corrected chi connectivity index (χ0v) is 10.5. The average molecular weight is 283 g/mol. The molecule has 1 saturated heterocycles. The van der Waals surface area contributed by atoms with Crippen molar-refractivity contribution in [3.8, 4) is 0 Å². The van der Waals surface area contributed by atoms with Gasteiger partial charge in [0, 0.05) is 12.6 Å². The molecular weight excluding hydrogens is 269 g/mol. The van der Waals surface area contributed by atoms with E-state index in [1.807, 2.05) is 0 Å². The first-order valence-corrected chi connectivity index (χ1v) is 5.88. The molecular formula is C12H14FN3O4. The van der Waals surface area contributed by atoms with Gasteiger partial charge in [-0.05, 0) is 6.07 Å². The molecule has 0 aliphatic carbocycles. The summed E-state index contributed by atoms with van der Waals surface area (Å²) in [7, 11) is 0. The summed E-state index contributed by atoms with van der Waals surface area (Å²) >= 11 is 0. The molecule has 1 amide bonds. The maximum atomic E-state index is 13.8. The van der Waals surface area contributed by atoms with Crippen molar-refractivity contribution in [2.45, 2.75) is 6.04 Å². The van der Waals surface area contributed by atoms with E-state index < -0.39 is 29.3 Å². The lowest BCUT2D eigenvalue weighted by Gasteiger charge is -2.36. The van der Waals surface area contributed by atoms with Gasteiger partial charge in [-0.15, -0.1) is 0 Å². The normalized spacial score (nSPS) is 18.9. The summed E-state index contributed by atoms with van der Waals surface area (Å²) < 4.78 is 18.9. The first kappa shape index (κ1) is 14.1. The van der Waals surface area contributed by atoms with Crippen LogP contribution in [0, 0.1) is 5.82 Å². The van der Waals surface area contributed by atoms with E-state index in [0.29, 0.717) is 13.2 Å². The second kappa shape index (κ2) is 5.33. The summed E-state index contributed by atoms with van der Waals surface area (Å²) in [6, 6.07) is 1.27. The summed E-state index contributed by atoms with van der Waals surface area (Å²) in [6.45, 7) is 0.728. The van der Waals surface area contributed by atoms with E-state index in [0.717, 1.165) is 12.1 Å². The van der Waals surface area contributed by atoms with Crippen LogP contribution in [-0.2, 0) is 9.53 Å². The SMILES string of the molecule is NC(=O)C1COCCN1c1cc(F)c(C(=O)O)cc1N. The third kappa shape index (κ3) is 2.50. The Morgan fingerprint density at radius 1 is 1.45 bits per heavy atom. The number of nitrogen functional groups attached to an aromatic ring is 1. The van der Waals surface area contributed by atoms with Gasteiger partial charge in [-0.3, -0.25) is 4.79 Å². The molecule has 108 valence electrons. The Balaban J connectivity index is 2.43. The number of nitrogens with zero attached hydrogens (tertiary/aromatic N) is 1. The number of primary amides is 1. The molecule has 0 radical (unpaired) electrons. The molecule has 1 fully saturated rings. The number of carboxylic acid groups (broad SMARTS) is 1. The molecule has 1 unspecified atom stereocenters. The Labute approximate surface area is 113 Å². The van der Waals surface area contributed by atoms with Crippen LogP contribution in [0.1, 0.15) is 10.4 Å². The number of ether oxygens (including phenoxy) is 1. The number of halogens is 1. The van der Waals surface area contributed by atoms with Crippen molar-refractivity contribution in [2.24, 2.45) is 5.73 Å². The molecule has 2 rings (SSSR count). The number of carbonyl (C=O) groups is 2. The van der Waals surface area contributed by atoms with Gasteiger partial charge < -0.3 is 26.2 Å². The van der Waals surface area contributed by atoms with Crippen LogP contribution in [0.3, 0.4) is 0 Å². The second-order valence-corrected chi connectivity index (χ2v) is 4.38. The number of morpholine rings is 1. The monoisotopic (exact) mass is 283 g/mol. The van der Waals surface area contributed by atoms with Crippen LogP contribution in [-0.4, -0.2) is 42.8 Å². The van der Waals surface area contributed by atoms with Crippen molar-refractivity contribution in [1.82, 2.24) is 0 Å². The van der Waals surface area contributed by atoms with Crippen LogP contribution in [0.25, 0.3) is 0 Å². The van der Waals surface area contributed by atoms with Gasteiger partial charge in [0.05, 0.1) is 30.2 Å². The van der Waals surface area contributed by atoms with Crippen LogP contribution in [0.2, 0.25) is 0 Å². The highest BCUT2D eigenvalue weighted by molar-refractivity contribution is 5.92. The van der Waals surface area contributed by atoms with Crippen LogP contribution < -0.4 is 16.4 Å². The van der Waals surface area contributed by atoms with Crippen molar-refractivity contribution < 1.29 is 23.8 Å². The molecule has 1 aromatic carbocycles. The lowest BCUT2D eigenvalue weighted by atomic mass is 10.1. The molecule has 1 aliphatic rings. The summed E-state index contributed by atoms with van der Waals surface area (Å²) in [5, 5.41) is 8.83. The minimum atomic E-state index is -1.41. The Kier molecular flexibility index (Phi) is 3.75. The highest BCUT2D eigenvalue weighted by Gasteiger charge is 2.30. The molecule has 20 heavy (non-hydrogen) atoms. The zero-order valence-electron chi connectivity index (χ0n) is 10.5. The Hall–Kier alpha value is -2.35. The first-order valence-electron chi connectivity index (χ1n) is 5.88. The predicted molar refractivity (Wildman–Crippen MR) is 68.9 cm³/mol. The average Bonchev–Trinajstić information content (AvgIpc) is 2.40. The lowest BCUT2D eigenvalue weighted by molar-refractivity contribution is -0.121. The van der Waals surface area contributed by atoms with Crippen molar-refractivity contribution in [3.05, 3.63) is 23.5 Å². The lowest BCUT2D eigenvalue weighted by Crippen LogP contribution is -2.52. The summed E-state index contributed by atoms with van der Waals surface area (Å²) in [6.07, 6.45) is 0. The van der Waals surface area contributed by atoms with Crippen LogP contribution in [0.15, 0.2) is 12.1 Å². The zero-order chi connectivity index (χ0) is 14.9. The Bertz CT molecular complexity index is 564. The number of anilines is 2. The predicted octanol–water partition coefficient (Wildman–Crippen LogP) is -0.203. The number of carboxylic acids is 1. The van der Waals surface area contributed by atoms with Gasteiger partial charge in [0.15, 0.2) is 0 Å². The summed E-state index contributed by atoms with van der Waals surface area (Å²) in [4.78, 5) is 23.7. The second-order valence-electron chi connectivity index (χ2n) is 4.38. The molecule has 8 heteroatoms. The fourth-order valence-corrected chi connectivity index (χ4v) is 2.12. The van der Waals surface area contributed by atoms with Crippen LogP contribution >= 0.6 is 0 Å². The van der Waals surface area contributed by atoms with Crippen LogP contribution in [0.5, 0.6) is 0 Å². The van der Waals surface area contributed by atoms with Gasteiger partial charge in [0.25, 0.3) is 0 Å². The highest BCUT2D eigenvalue weighted by atomic mass is 19.1. The molecule has 0 bridgehead atoms. The standard InChI is InChI=1S/C12H14FN3O4/c13-7-4-9(8(14)3-6(7)12(18)19)16-1-2-20-5-10(16)11(15)17/h3-4,10H,1-2,5,14H2,(H2,15,17)(H,18,19). The smallest absolute Gasteiger partial charge is 0.338 e. The minimum Gasteiger partial charge on any atom is -0.478 e. The molecule has 0 aromatic heterocycles. The molecule has 0 spiro atoms.